The van der Waals surface area contributed by atoms with Crippen LogP contribution in [0.15, 0.2) is 0 Å². The molecule has 0 radical (unpaired) electrons. The number of nitrogens with two attached hydrogens (primary N) is 1. The van der Waals surface area contributed by atoms with Gasteiger partial charge in [-0.2, -0.15) is 12.6 Å². The van der Waals surface area contributed by atoms with Crippen LogP contribution < -0.4 is 16.4 Å². The predicted molar refractivity (Wildman–Crippen MR) is 90.8 cm³/mol. The van der Waals surface area contributed by atoms with Crippen molar-refractivity contribution in [2.75, 3.05) is 18.8 Å². The second-order valence-corrected chi connectivity index (χ2v) is 6.18. The number of hydrogen-bond acceptors (Lipinski definition) is 7. The van der Waals surface area contributed by atoms with Crippen molar-refractivity contribution >= 4 is 36.3 Å². The number of nitrogens with zero attached hydrogens (tertiary/aromatic N) is 1. The first kappa shape index (κ1) is 21.2. The van der Waals surface area contributed by atoms with E-state index in [4.69, 9.17) is 10.8 Å². The van der Waals surface area contributed by atoms with Crippen LogP contribution in [-0.4, -0.2) is 81.9 Å². The second kappa shape index (κ2) is 9.59. The number of carbonyl (C=O) groups excluding carboxylic acids is 3. The molecule has 142 valence electrons. The van der Waals surface area contributed by atoms with Crippen LogP contribution in [0.4, 0.5) is 0 Å². The quantitative estimate of drug-likeness (QED) is 0.251. The Morgan fingerprint density at radius 3 is 2.48 bits per heavy atom. The van der Waals surface area contributed by atoms with Gasteiger partial charge in [0.1, 0.15) is 18.1 Å². The summed E-state index contributed by atoms with van der Waals surface area (Å²) < 4.78 is 0. The summed E-state index contributed by atoms with van der Waals surface area (Å²) in [5.41, 5.74) is 5.48. The van der Waals surface area contributed by atoms with Crippen molar-refractivity contribution in [2.45, 2.75) is 44.0 Å². The van der Waals surface area contributed by atoms with E-state index in [2.05, 4.69) is 23.3 Å². The molecule has 6 N–H and O–H groups in total. The molecule has 0 aliphatic carbocycles. The van der Waals surface area contributed by atoms with Gasteiger partial charge >= 0.3 is 5.97 Å². The van der Waals surface area contributed by atoms with E-state index in [1.807, 2.05) is 0 Å². The molecule has 4 atom stereocenters. The van der Waals surface area contributed by atoms with E-state index >= 15 is 0 Å². The van der Waals surface area contributed by atoms with Gasteiger partial charge < -0.3 is 31.5 Å². The number of aliphatic hydroxyl groups is 1. The van der Waals surface area contributed by atoms with E-state index in [9.17, 15) is 24.3 Å². The summed E-state index contributed by atoms with van der Waals surface area (Å²) in [5, 5.41) is 23.0. The number of aliphatic hydroxyl groups excluding tert-OH is 1. The maximum absolute atomic E-state index is 12.1. The van der Waals surface area contributed by atoms with E-state index in [0.717, 1.165) is 0 Å². The normalized spacial score (nSPS) is 20.5. The minimum absolute atomic E-state index is 0.0419. The number of amides is 3. The molecule has 25 heavy (non-hydrogen) atoms. The van der Waals surface area contributed by atoms with E-state index in [-0.39, 0.29) is 12.3 Å². The zero-order valence-electron chi connectivity index (χ0n) is 13.8. The minimum Gasteiger partial charge on any atom is -0.480 e. The van der Waals surface area contributed by atoms with E-state index in [0.29, 0.717) is 19.4 Å². The lowest BCUT2D eigenvalue weighted by molar-refractivity contribution is -0.148. The summed E-state index contributed by atoms with van der Waals surface area (Å²) in [5.74, 6) is -3.01. The molecule has 1 aliphatic rings. The van der Waals surface area contributed by atoms with Gasteiger partial charge in [-0.15, -0.1) is 0 Å². The molecular formula is C14H24N4O6S. The Labute approximate surface area is 150 Å². The van der Waals surface area contributed by atoms with Crippen molar-refractivity contribution in [3.63, 3.8) is 0 Å². The Hall–Kier alpha value is -1.85. The zero-order chi connectivity index (χ0) is 19.1. The standard InChI is InChI=1S/C14H24N4O6S/c1-7(19)11(15)13(22)17-8(6-25)12(21)16-5-10(20)18-4-2-3-9(18)14(23)24/h7-9,11,19,25H,2-6,15H2,1H3,(H,16,21)(H,17,22)(H,23,24). The number of thiol groups is 1. The maximum Gasteiger partial charge on any atom is 0.326 e. The van der Waals surface area contributed by atoms with Crippen LogP contribution in [0.2, 0.25) is 0 Å². The molecule has 1 saturated heterocycles. The molecule has 11 heteroatoms. The summed E-state index contributed by atoms with van der Waals surface area (Å²) in [6, 6.07) is -3.12. The Morgan fingerprint density at radius 2 is 1.96 bits per heavy atom. The first-order valence-electron chi connectivity index (χ1n) is 7.83. The van der Waals surface area contributed by atoms with Crippen LogP contribution in [0.25, 0.3) is 0 Å². The number of rotatable bonds is 8. The predicted octanol–water partition coefficient (Wildman–Crippen LogP) is -2.70. The molecule has 1 rings (SSSR count). The molecule has 0 spiro atoms. The van der Waals surface area contributed by atoms with Crippen molar-refractivity contribution in [3.05, 3.63) is 0 Å². The van der Waals surface area contributed by atoms with Gasteiger partial charge in [-0.3, -0.25) is 14.4 Å². The fourth-order valence-corrected chi connectivity index (χ4v) is 2.65. The minimum atomic E-state index is -1.20. The highest BCUT2D eigenvalue weighted by Crippen LogP contribution is 2.17. The van der Waals surface area contributed by atoms with Crippen molar-refractivity contribution in [1.82, 2.24) is 15.5 Å². The largest absolute Gasteiger partial charge is 0.480 e. The summed E-state index contributed by atoms with van der Waals surface area (Å²) in [4.78, 5) is 48.2. The van der Waals surface area contributed by atoms with Gasteiger partial charge in [0, 0.05) is 12.3 Å². The summed E-state index contributed by atoms with van der Waals surface area (Å²) >= 11 is 3.97. The van der Waals surface area contributed by atoms with E-state index < -0.39 is 47.9 Å². The van der Waals surface area contributed by atoms with Crippen LogP contribution in [-0.2, 0) is 19.2 Å². The molecular weight excluding hydrogens is 352 g/mol. The van der Waals surface area contributed by atoms with E-state index in [1.54, 1.807) is 0 Å². The van der Waals surface area contributed by atoms with Gasteiger partial charge in [0.05, 0.1) is 12.6 Å². The highest BCUT2D eigenvalue weighted by Gasteiger charge is 2.34. The fraction of sp³-hybridized carbons (Fsp3) is 0.714. The molecule has 1 aliphatic heterocycles. The lowest BCUT2D eigenvalue weighted by atomic mass is 10.1. The SMILES string of the molecule is CC(O)C(N)C(=O)NC(CS)C(=O)NCC(=O)N1CCCC1C(=O)O. The average molecular weight is 376 g/mol. The van der Waals surface area contributed by atoms with Crippen molar-refractivity contribution < 1.29 is 29.4 Å². The highest BCUT2D eigenvalue weighted by atomic mass is 32.1. The van der Waals surface area contributed by atoms with Crippen molar-refractivity contribution in [1.29, 1.82) is 0 Å². The number of hydrogen-bond donors (Lipinski definition) is 6. The summed E-state index contributed by atoms with van der Waals surface area (Å²) in [6.07, 6.45) is -0.126. The monoisotopic (exact) mass is 376 g/mol. The third-order valence-corrected chi connectivity index (χ3v) is 4.28. The number of carbonyl (C=O) groups is 4. The van der Waals surface area contributed by atoms with Crippen LogP contribution in [0.1, 0.15) is 19.8 Å². The van der Waals surface area contributed by atoms with Crippen LogP contribution >= 0.6 is 12.6 Å². The summed E-state index contributed by atoms with van der Waals surface area (Å²) in [7, 11) is 0. The fourth-order valence-electron chi connectivity index (χ4n) is 2.39. The van der Waals surface area contributed by atoms with Crippen molar-refractivity contribution in [2.24, 2.45) is 5.73 Å². The molecule has 0 aromatic rings. The van der Waals surface area contributed by atoms with Gasteiger partial charge in [0.2, 0.25) is 17.7 Å². The number of carboxylic acid groups (broad SMARTS) is 1. The smallest absolute Gasteiger partial charge is 0.326 e. The molecule has 3 amide bonds. The van der Waals surface area contributed by atoms with Gasteiger partial charge in [-0.05, 0) is 19.8 Å². The van der Waals surface area contributed by atoms with Crippen LogP contribution in [0, 0.1) is 0 Å². The third-order valence-electron chi connectivity index (χ3n) is 3.91. The molecule has 4 unspecified atom stereocenters. The number of likely N-dealkylation sites (tertiary alicyclic amines) is 1. The molecule has 1 fully saturated rings. The van der Waals surface area contributed by atoms with Gasteiger partial charge in [0.25, 0.3) is 0 Å². The first-order valence-corrected chi connectivity index (χ1v) is 8.47. The average Bonchev–Trinajstić information content (AvgIpc) is 3.06. The molecule has 10 nitrogen and oxygen atoms in total. The highest BCUT2D eigenvalue weighted by molar-refractivity contribution is 7.80. The van der Waals surface area contributed by atoms with Gasteiger partial charge in [0.15, 0.2) is 0 Å². The van der Waals surface area contributed by atoms with Gasteiger partial charge in [-0.1, -0.05) is 0 Å². The third kappa shape index (κ3) is 5.87. The van der Waals surface area contributed by atoms with Gasteiger partial charge in [-0.25, -0.2) is 4.79 Å². The Bertz CT molecular complexity index is 529. The Morgan fingerprint density at radius 1 is 1.32 bits per heavy atom. The molecule has 1 heterocycles. The lowest BCUT2D eigenvalue weighted by Crippen LogP contribution is -2.56. The molecule has 0 aromatic heterocycles. The molecule has 0 bridgehead atoms. The Kier molecular flexibility index (Phi) is 8.13. The number of aliphatic carboxylic acids is 1. The van der Waals surface area contributed by atoms with Crippen molar-refractivity contribution in [3.8, 4) is 0 Å². The molecule has 0 saturated carbocycles. The first-order chi connectivity index (χ1) is 11.7. The zero-order valence-corrected chi connectivity index (χ0v) is 14.7. The second-order valence-electron chi connectivity index (χ2n) is 5.81. The van der Waals surface area contributed by atoms with Crippen LogP contribution in [0.5, 0.6) is 0 Å². The Balaban J connectivity index is 2.54. The number of carboxylic acids is 1. The number of nitrogens with one attached hydrogen (secondary N) is 2. The lowest BCUT2D eigenvalue weighted by Gasteiger charge is -2.23. The summed E-state index contributed by atoms with van der Waals surface area (Å²) in [6.45, 7) is 1.28. The van der Waals surface area contributed by atoms with E-state index in [1.165, 1.54) is 11.8 Å². The van der Waals surface area contributed by atoms with Crippen LogP contribution in [0.3, 0.4) is 0 Å². The maximum atomic E-state index is 12.1. The molecule has 0 aromatic carbocycles. The topological polar surface area (TPSA) is 162 Å².